The van der Waals surface area contributed by atoms with Crippen molar-refractivity contribution < 1.29 is 12.8 Å². The molecule has 0 amide bonds. The number of alkyl halides is 1. The number of nitrogens with zero attached hydrogens (tertiary/aromatic N) is 2. The number of rotatable bonds is 4. The van der Waals surface area contributed by atoms with Crippen molar-refractivity contribution in [1.29, 1.82) is 0 Å². The van der Waals surface area contributed by atoms with Crippen molar-refractivity contribution in [3.05, 3.63) is 30.2 Å². The third-order valence-electron chi connectivity index (χ3n) is 2.60. The lowest BCUT2D eigenvalue weighted by atomic mass is 10.2. The minimum atomic E-state index is -3.19. The molecule has 0 bridgehead atoms. The standard InChI is InChI=1S/C12H13BrN2O3S/c1-3-10(13)12-15-14-11(18-12)8-4-6-9(7-5-8)19(2,16)17/h4-7,10H,3H2,1-2H3. The van der Waals surface area contributed by atoms with Crippen LogP contribution < -0.4 is 0 Å². The molecule has 1 heterocycles. The molecule has 0 fully saturated rings. The van der Waals surface area contributed by atoms with E-state index in [0.29, 0.717) is 17.3 Å². The van der Waals surface area contributed by atoms with E-state index in [9.17, 15) is 8.42 Å². The molecule has 1 aromatic carbocycles. The second kappa shape index (κ2) is 5.42. The van der Waals surface area contributed by atoms with Crippen molar-refractivity contribution in [2.24, 2.45) is 0 Å². The zero-order valence-electron chi connectivity index (χ0n) is 10.5. The summed E-state index contributed by atoms with van der Waals surface area (Å²) in [6.07, 6.45) is 2.01. The largest absolute Gasteiger partial charge is 0.419 e. The van der Waals surface area contributed by atoms with Gasteiger partial charge in [-0.1, -0.05) is 22.9 Å². The topological polar surface area (TPSA) is 73.1 Å². The van der Waals surface area contributed by atoms with Crippen LogP contribution in [0.1, 0.15) is 24.1 Å². The average Bonchev–Trinajstić information content (AvgIpc) is 2.86. The molecule has 1 atom stereocenters. The van der Waals surface area contributed by atoms with Crippen LogP contribution in [0.4, 0.5) is 0 Å². The summed E-state index contributed by atoms with van der Waals surface area (Å²) in [7, 11) is -3.19. The van der Waals surface area contributed by atoms with Crippen LogP contribution in [-0.4, -0.2) is 24.9 Å². The summed E-state index contributed by atoms with van der Waals surface area (Å²) in [4.78, 5) is 0.298. The Labute approximate surface area is 120 Å². The summed E-state index contributed by atoms with van der Waals surface area (Å²) in [5.41, 5.74) is 0.696. The fraction of sp³-hybridized carbons (Fsp3) is 0.333. The monoisotopic (exact) mass is 344 g/mol. The quantitative estimate of drug-likeness (QED) is 0.797. The van der Waals surface area contributed by atoms with Gasteiger partial charge >= 0.3 is 0 Å². The molecule has 5 nitrogen and oxygen atoms in total. The van der Waals surface area contributed by atoms with Gasteiger partial charge < -0.3 is 4.42 Å². The Morgan fingerprint density at radius 3 is 2.42 bits per heavy atom. The molecule has 0 aliphatic heterocycles. The lowest BCUT2D eigenvalue weighted by molar-refractivity contribution is 0.500. The molecule has 0 saturated heterocycles. The van der Waals surface area contributed by atoms with Crippen LogP contribution in [0, 0.1) is 0 Å². The van der Waals surface area contributed by atoms with Gasteiger partial charge in [0.2, 0.25) is 11.8 Å². The van der Waals surface area contributed by atoms with E-state index in [0.717, 1.165) is 6.42 Å². The van der Waals surface area contributed by atoms with E-state index in [-0.39, 0.29) is 9.72 Å². The Kier molecular flexibility index (Phi) is 4.05. The molecule has 0 aliphatic rings. The van der Waals surface area contributed by atoms with E-state index in [2.05, 4.69) is 26.1 Å². The lowest BCUT2D eigenvalue weighted by Crippen LogP contribution is -1.96. The summed E-state index contributed by atoms with van der Waals surface area (Å²) < 4.78 is 28.2. The number of aromatic nitrogens is 2. The normalized spacial score (nSPS) is 13.4. The number of halogens is 1. The number of sulfone groups is 1. The maximum Gasteiger partial charge on any atom is 0.247 e. The Morgan fingerprint density at radius 2 is 1.89 bits per heavy atom. The first kappa shape index (κ1) is 14.2. The molecule has 102 valence electrons. The van der Waals surface area contributed by atoms with Crippen molar-refractivity contribution in [3.8, 4) is 11.5 Å². The third kappa shape index (κ3) is 3.22. The fourth-order valence-electron chi connectivity index (χ4n) is 1.50. The van der Waals surface area contributed by atoms with E-state index in [1.165, 1.54) is 18.4 Å². The van der Waals surface area contributed by atoms with Crippen LogP contribution in [-0.2, 0) is 9.84 Å². The minimum absolute atomic E-state index is 0.0315. The van der Waals surface area contributed by atoms with Gasteiger partial charge in [0.05, 0.1) is 9.72 Å². The van der Waals surface area contributed by atoms with Gasteiger partial charge in [-0.25, -0.2) is 8.42 Å². The Balaban J connectivity index is 2.30. The molecule has 19 heavy (non-hydrogen) atoms. The molecule has 0 saturated carbocycles. The van der Waals surface area contributed by atoms with Crippen LogP contribution in [0.15, 0.2) is 33.6 Å². The van der Waals surface area contributed by atoms with Gasteiger partial charge in [-0.3, -0.25) is 0 Å². The number of hydrogen-bond acceptors (Lipinski definition) is 5. The molecule has 0 aliphatic carbocycles. The smallest absolute Gasteiger partial charge is 0.247 e. The van der Waals surface area contributed by atoms with Crippen molar-refractivity contribution in [2.75, 3.05) is 6.26 Å². The zero-order valence-corrected chi connectivity index (χ0v) is 12.9. The van der Waals surface area contributed by atoms with Gasteiger partial charge in [0.1, 0.15) is 0 Å². The molecular formula is C12H13BrN2O3S. The highest BCUT2D eigenvalue weighted by atomic mass is 79.9. The molecule has 2 rings (SSSR count). The molecule has 1 unspecified atom stereocenters. The minimum Gasteiger partial charge on any atom is -0.419 e. The molecule has 0 radical (unpaired) electrons. The summed E-state index contributed by atoms with van der Waals surface area (Å²) in [6.45, 7) is 2.00. The van der Waals surface area contributed by atoms with E-state index in [4.69, 9.17) is 4.42 Å². The van der Waals surface area contributed by atoms with Crippen LogP contribution in [0.25, 0.3) is 11.5 Å². The predicted molar refractivity (Wildman–Crippen MR) is 74.8 cm³/mol. The molecule has 0 spiro atoms. The summed E-state index contributed by atoms with van der Waals surface area (Å²) in [5.74, 6) is 0.901. The maximum absolute atomic E-state index is 11.4. The van der Waals surface area contributed by atoms with Crippen molar-refractivity contribution in [2.45, 2.75) is 23.1 Å². The number of hydrogen-bond donors (Lipinski definition) is 0. The molecule has 7 heteroatoms. The van der Waals surface area contributed by atoms with Crippen molar-refractivity contribution in [1.82, 2.24) is 10.2 Å². The van der Waals surface area contributed by atoms with E-state index in [1.807, 2.05) is 6.92 Å². The Morgan fingerprint density at radius 1 is 1.26 bits per heavy atom. The van der Waals surface area contributed by atoms with Gasteiger partial charge in [0.15, 0.2) is 9.84 Å². The average molecular weight is 345 g/mol. The molecular weight excluding hydrogens is 332 g/mol. The van der Waals surface area contributed by atoms with E-state index in [1.54, 1.807) is 12.1 Å². The van der Waals surface area contributed by atoms with E-state index >= 15 is 0 Å². The SMILES string of the molecule is CCC(Br)c1nnc(-c2ccc(S(C)(=O)=O)cc2)o1. The van der Waals surface area contributed by atoms with Gasteiger partial charge in [0.25, 0.3) is 0 Å². The summed E-state index contributed by atoms with van der Waals surface area (Å²) in [5, 5.41) is 7.90. The first-order valence-corrected chi connectivity index (χ1v) is 8.50. The Hall–Kier alpha value is -1.21. The summed E-state index contributed by atoms with van der Waals surface area (Å²) in [6, 6.07) is 6.37. The van der Waals surface area contributed by atoms with Gasteiger partial charge in [-0.15, -0.1) is 10.2 Å². The second-order valence-electron chi connectivity index (χ2n) is 4.12. The van der Waals surface area contributed by atoms with Crippen molar-refractivity contribution >= 4 is 25.8 Å². The fourth-order valence-corrected chi connectivity index (χ4v) is 2.31. The second-order valence-corrected chi connectivity index (χ2v) is 7.24. The lowest BCUT2D eigenvalue weighted by Gasteiger charge is -2.00. The maximum atomic E-state index is 11.4. The molecule has 1 aromatic heterocycles. The highest BCUT2D eigenvalue weighted by Gasteiger charge is 2.15. The number of benzene rings is 1. The van der Waals surface area contributed by atoms with Crippen LogP contribution in [0.3, 0.4) is 0 Å². The Bertz CT molecular complexity index is 665. The highest BCUT2D eigenvalue weighted by molar-refractivity contribution is 9.09. The molecule has 2 aromatic rings. The summed E-state index contributed by atoms with van der Waals surface area (Å²) >= 11 is 3.43. The predicted octanol–water partition coefficient (Wildman–Crippen LogP) is 2.99. The van der Waals surface area contributed by atoms with Crippen LogP contribution >= 0.6 is 15.9 Å². The van der Waals surface area contributed by atoms with Gasteiger partial charge in [-0.2, -0.15) is 0 Å². The van der Waals surface area contributed by atoms with Crippen LogP contribution in [0.2, 0.25) is 0 Å². The van der Waals surface area contributed by atoms with E-state index < -0.39 is 9.84 Å². The highest BCUT2D eigenvalue weighted by Crippen LogP contribution is 2.28. The van der Waals surface area contributed by atoms with Crippen molar-refractivity contribution in [3.63, 3.8) is 0 Å². The zero-order chi connectivity index (χ0) is 14.0. The first-order valence-electron chi connectivity index (χ1n) is 5.69. The van der Waals surface area contributed by atoms with Gasteiger partial charge in [0, 0.05) is 11.8 Å². The molecule has 0 N–H and O–H groups in total. The third-order valence-corrected chi connectivity index (χ3v) is 4.76. The van der Waals surface area contributed by atoms with Gasteiger partial charge in [-0.05, 0) is 30.7 Å². The first-order chi connectivity index (χ1) is 8.91. The van der Waals surface area contributed by atoms with Crippen LogP contribution in [0.5, 0.6) is 0 Å².